The normalized spacial score (nSPS) is 14.7. The minimum atomic E-state index is 0.199. The SMILES string of the molecule is COc1ccc(/C=N/OCc2nc3c4c5c(sc4ncn3n2)CN(C)CC5)cc1. The van der Waals surface area contributed by atoms with E-state index in [0.29, 0.717) is 5.82 Å². The summed E-state index contributed by atoms with van der Waals surface area (Å²) in [6.07, 6.45) is 4.39. The van der Waals surface area contributed by atoms with Gasteiger partial charge in [0.2, 0.25) is 0 Å². The second-order valence-electron chi connectivity index (χ2n) is 6.99. The number of ether oxygens (including phenoxy) is 1. The molecule has 3 aromatic heterocycles. The van der Waals surface area contributed by atoms with Crippen LogP contribution in [0.25, 0.3) is 15.9 Å². The van der Waals surface area contributed by atoms with Crippen LogP contribution in [0.1, 0.15) is 21.8 Å². The minimum absolute atomic E-state index is 0.199. The molecule has 1 aliphatic heterocycles. The molecule has 1 aliphatic rings. The standard InChI is InChI=1S/C20H20N6O2S/c1-25-8-7-15-16(10-25)29-20-18(15)19-23-17(24-26(19)12-21-20)11-28-22-9-13-3-5-14(27-2)6-4-13/h3-6,9,12H,7-8,10-11H2,1-2H3/b22-9+. The van der Waals surface area contributed by atoms with Gasteiger partial charge in [0.1, 0.15) is 16.9 Å². The second kappa shape index (κ2) is 7.41. The summed E-state index contributed by atoms with van der Waals surface area (Å²) in [6, 6.07) is 7.58. The molecule has 0 spiro atoms. The van der Waals surface area contributed by atoms with Crippen LogP contribution < -0.4 is 4.74 Å². The van der Waals surface area contributed by atoms with Crippen LogP contribution in [0.2, 0.25) is 0 Å². The zero-order valence-electron chi connectivity index (χ0n) is 16.2. The Labute approximate surface area is 171 Å². The largest absolute Gasteiger partial charge is 0.497 e. The molecule has 5 rings (SSSR count). The first-order valence-corrected chi connectivity index (χ1v) is 10.2. The summed E-state index contributed by atoms with van der Waals surface area (Å²) in [7, 11) is 3.79. The molecule has 0 saturated heterocycles. The number of aromatic nitrogens is 4. The van der Waals surface area contributed by atoms with Gasteiger partial charge in [-0.3, -0.25) is 0 Å². The van der Waals surface area contributed by atoms with Gasteiger partial charge in [-0.1, -0.05) is 5.16 Å². The molecular weight excluding hydrogens is 388 g/mol. The lowest BCUT2D eigenvalue weighted by Crippen LogP contribution is -2.25. The van der Waals surface area contributed by atoms with Gasteiger partial charge in [0.15, 0.2) is 18.1 Å². The quantitative estimate of drug-likeness (QED) is 0.373. The van der Waals surface area contributed by atoms with E-state index in [1.54, 1.807) is 35.5 Å². The van der Waals surface area contributed by atoms with E-state index in [-0.39, 0.29) is 6.61 Å². The molecule has 0 N–H and O–H groups in total. The molecule has 0 saturated carbocycles. The topological polar surface area (TPSA) is 77.1 Å². The van der Waals surface area contributed by atoms with E-state index in [9.17, 15) is 0 Å². The highest BCUT2D eigenvalue weighted by Crippen LogP contribution is 2.35. The Morgan fingerprint density at radius 2 is 2.14 bits per heavy atom. The molecule has 0 bridgehead atoms. The fourth-order valence-electron chi connectivity index (χ4n) is 3.51. The van der Waals surface area contributed by atoms with E-state index in [4.69, 9.17) is 14.6 Å². The summed E-state index contributed by atoms with van der Waals surface area (Å²) in [5, 5.41) is 9.64. The molecule has 0 aliphatic carbocycles. The Kier molecular flexibility index (Phi) is 4.61. The number of rotatable bonds is 5. The van der Waals surface area contributed by atoms with E-state index in [1.807, 2.05) is 24.3 Å². The van der Waals surface area contributed by atoms with E-state index in [1.165, 1.54) is 10.4 Å². The number of oxime groups is 1. The maximum atomic E-state index is 5.41. The van der Waals surface area contributed by atoms with Crippen molar-refractivity contribution in [2.24, 2.45) is 5.16 Å². The van der Waals surface area contributed by atoms with Gasteiger partial charge in [-0.2, -0.15) is 0 Å². The lowest BCUT2D eigenvalue weighted by atomic mass is 10.1. The Bertz CT molecular complexity index is 1200. The van der Waals surface area contributed by atoms with Gasteiger partial charge in [-0.05, 0) is 48.9 Å². The molecule has 0 fully saturated rings. The smallest absolute Gasteiger partial charge is 0.192 e. The molecule has 8 nitrogen and oxygen atoms in total. The third kappa shape index (κ3) is 3.43. The zero-order chi connectivity index (χ0) is 19.8. The third-order valence-corrected chi connectivity index (χ3v) is 6.12. The highest BCUT2D eigenvalue weighted by molar-refractivity contribution is 7.19. The number of methoxy groups -OCH3 is 1. The van der Waals surface area contributed by atoms with Gasteiger partial charge >= 0.3 is 0 Å². The molecule has 9 heteroatoms. The van der Waals surface area contributed by atoms with Gasteiger partial charge in [0, 0.05) is 18.0 Å². The monoisotopic (exact) mass is 408 g/mol. The van der Waals surface area contributed by atoms with E-state index < -0.39 is 0 Å². The molecule has 148 valence electrons. The lowest BCUT2D eigenvalue weighted by molar-refractivity contribution is 0.126. The average molecular weight is 408 g/mol. The maximum Gasteiger partial charge on any atom is 0.192 e. The average Bonchev–Trinajstić information content (AvgIpc) is 3.31. The van der Waals surface area contributed by atoms with Gasteiger partial charge < -0.3 is 14.5 Å². The molecule has 0 atom stereocenters. The summed E-state index contributed by atoms with van der Waals surface area (Å²) in [5.41, 5.74) is 3.13. The van der Waals surface area contributed by atoms with Crippen molar-refractivity contribution in [3.63, 3.8) is 0 Å². The zero-order valence-corrected chi connectivity index (χ0v) is 17.0. The van der Waals surface area contributed by atoms with Crippen molar-refractivity contribution in [3.8, 4) is 5.75 Å². The molecule has 0 unspecified atom stereocenters. The third-order valence-electron chi connectivity index (χ3n) is 5.00. The first-order chi connectivity index (χ1) is 14.2. The number of benzene rings is 1. The lowest BCUT2D eigenvalue weighted by Gasteiger charge is -2.21. The van der Waals surface area contributed by atoms with E-state index in [2.05, 4.69) is 27.2 Å². The fourth-order valence-corrected chi connectivity index (χ4v) is 4.77. The van der Waals surface area contributed by atoms with Crippen molar-refractivity contribution < 1.29 is 9.57 Å². The molecule has 0 radical (unpaired) electrons. The molecular formula is C20H20N6O2S. The number of fused-ring (bicyclic) bond motifs is 5. The van der Waals surface area contributed by atoms with Gasteiger partial charge in [0.25, 0.3) is 0 Å². The van der Waals surface area contributed by atoms with Crippen molar-refractivity contribution in [2.45, 2.75) is 19.6 Å². The maximum absolute atomic E-state index is 5.41. The van der Waals surface area contributed by atoms with Crippen molar-refractivity contribution >= 4 is 33.4 Å². The molecule has 1 aromatic carbocycles. The highest BCUT2D eigenvalue weighted by Gasteiger charge is 2.22. The van der Waals surface area contributed by atoms with Crippen LogP contribution in [0, 0.1) is 0 Å². The van der Waals surface area contributed by atoms with Crippen molar-refractivity contribution in [2.75, 3.05) is 20.7 Å². The van der Waals surface area contributed by atoms with Crippen molar-refractivity contribution in [3.05, 3.63) is 52.4 Å². The minimum Gasteiger partial charge on any atom is -0.497 e. The summed E-state index contributed by atoms with van der Waals surface area (Å²) in [6.45, 7) is 2.21. The Balaban J connectivity index is 1.35. The number of hydrogen-bond acceptors (Lipinski definition) is 8. The Morgan fingerprint density at radius 3 is 2.97 bits per heavy atom. The number of thiophene rings is 1. The van der Waals surface area contributed by atoms with Crippen molar-refractivity contribution in [1.82, 2.24) is 24.5 Å². The molecule has 29 heavy (non-hydrogen) atoms. The van der Waals surface area contributed by atoms with Crippen molar-refractivity contribution in [1.29, 1.82) is 0 Å². The van der Waals surface area contributed by atoms with Gasteiger partial charge in [0.05, 0.1) is 18.7 Å². The van der Waals surface area contributed by atoms with Crippen LogP contribution in [0.3, 0.4) is 0 Å². The molecule has 0 amide bonds. The number of hydrogen-bond donors (Lipinski definition) is 0. The molecule has 4 aromatic rings. The van der Waals surface area contributed by atoms with Crippen LogP contribution in [-0.4, -0.2) is 51.4 Å². The van der Waals surface area contributed by atoms with E-state index >= 15 is 0 Å². The van der Waals surface area contributed by atoms with Gasteiger partial charge in [-0.25, -0.2) is 14.5 Å². The first-order valence-electron chi connectivity index (χ1n) is 9.33. The Morgan fingerprint density at radius 1 is 1.28 bits per heavy atom. The second-order valence-corrected chi connectivity index (χ2v) is 8.08. The summed E-state index contributed by atoms with van der Waals surface area (Å²) < 4.78 is 6.88. The summed E-state index contributed by atoms with van der Waals surface area (Å²) >= 11 is 1.75. The van der Waals surface area contributed by atoms with Crippen LogP contribution >= 0.6 is 11.3 Å². The molecule has 4 heterocycles. The Hall–Kier alpha value is -3.04. The van der Waals surface area contributed by atoms with Crippen LogP contribution in [0.5, 0.6) is 5.75 Å². The fraction of sp³-hybridized carbons (Fsp3) is 0.300. The van der Waals surface area contributed by atoms with Crippen LogP contribution in [-0.2, 0) is 24.4 Å². The first kappa shape index (κ1) is 18.0. The number of likely N-dealkylation sites (N-methyl/N-ethyl adjacent to an activating group) is 1. The predicted molar refractivity (Wildman–Crippen MR) is 112 cm³/mol. The van der Waals surface area contributed by atoms with Crippen LogP contribution in [0.15, 0.2) is 35.7 Å². The number of nitrogens with zero attached hydrogens (tertiary/aromatic N) is 6. The van der Waals surface area contributed by atoms with E-state index in [0.717, 1.165) is 46.7 Å². The van der Waals surface area contributed by atoms with Gasteiger partial charge in [-0.15, -0.1) is 16.4 Å². The summed E-state index contributed by atoms with van der Waals surface area (Å²) in [4.78, 5) is 19.4. The van der Waals surface area contributed by atoms with Crippen LogP contribution in [0.4, 0.5) is 0 Å². The summed E-state index contributed by atoms with van der Waals surface area (Å²) in [5.74, 6) is 1.39. The predicted octanol–water partition coefficient (Wildman–Crippen LogP) is 2.89. The highest BCUT2D eigenvalue weighted by atomic mass is 32.1.